The van der Waals surface area contributed by atoms with Crippen molar-refractivity contribution in [1.82, 2.24) is 16.0 Å². The minimum absolute atomic E-state index is 0.174. The molecule has 7 nitrogen and oxygen atoms in total. The molecule has 0 heterocycles. The second kappa shape index (κ2) is 29.8. The molecular weight excluding hydrogens is 464 g/mol. The zero-order chi connectivity index (χ0) is 28.9. The molecule has 5 N–H and O–H groups in total. The summed E-state index contributed by atoms with van der Waals surface area (Å²) in [4.78, 5) is 33.2. The first-order chi connectivity index (χ1) is 17.8. The molecule has 0 fully saturated rings. The van der Waals surface area contributed by atoms with E-state index in [1.807, 2.05) is 33.8 Å². The highest BCUT2D eigenvalue weighted by Gasteiger charge is 2.12. The van der Waals surface area contributed by atoms with E-state index >= 15 is 0 Å². The van der Waals surface area contributed by atoms with Crippen molar-refractivity contribution in [1.29, 1.82) is 0 Å². The average molecular weight is 521 g/mol. The molecule has 0 aliphatic heterocycles. The summed E-state index contributed by atoms with van der Waals surface area (Å²) in [6.07, 6.45) is 16.8. The van der Waals surface area contributed by atoms with Gasteiger partial charge in [-0.3, -0.25) is 9.59 Å². The lowest BCUT2D eigenvalue weighted by atomic mass is 10.0. The molecule has 0 unspecified atom stereocenters. The molecular formula is C30H56N4O3. The van der Waals surface area contributed by atoms with Crippen molar-refractivity contribution in [2.75, 3.05) is 20.1 Å². The topological polar surface area (TPSA) is 113 Å². The minimum atomic E-state index is -0.427. The van der Waals surface area contributed by atoms with Gasteiger partial charge in [-0.25, -0.2) is 0 Å². The van der Waals surface area contributed by atoms with E-state index in [2.05, 4.69) is 60.7 Å². The molecule has 0 aromatic heterocycles. The minimum Gasteiger partial charge on any atom is -0.369 e. The maximum atomic E-state index is 11.4. The summed E-state index contributed by atoms with van der Waals surface area (Å²) in [5.41, 5.74) is 11.0. The van der Waals surface area contributed by atoms with Crippen LogP contribution in [-0.4, -0.2) is 50.3 Å². The van der Waals surface area contributed by atoms with Crippen LogP contribution in [0.4, 0.5) is 0 Å². The highest BCUT2D eigenvalue weighted by molar-refractivity contribution is 5.81. The number of nitrogens with one attached hydrogen (secondary N) is 3. The first-order valence-corrected chi connectivity index (χ1v) is 13.9. The van der Waals surface area contributed by atoms with Crippen LogP contribution in [-0.2, 0) is 14.4 Å². The SMILES string of the molecule is C/C=C\C(C)=C=C(/C=C\C)CCC.CC.CCC[C@H](CCCC[C@@H](C=O)NC(=O)CNC)NCC(N)=O. The van der Waals surface area contributed by atoms with E-state index in [0.29, 0.717) is 6.42 Å². The Hall–Kier alpha value is -2.47. The fourth-order valence-electron chi connectivity index (χ4n) is 3.49. The zero-order valence-corrected chi connectivity index (χ0v) is 24.9. The number of hydrogen-bond donors (Lipinski definition) is 4. The van der Waals surface area contributed by atoms with Crippen LogP contribution >= 0.6 is 0 Å². The van der Waals surface area contributed by atoms with Crippen molar-refractivity contribution in [2.24, 2.45) is 5.73 Å². The Morgan fingerprint density at radius 2 is 1.57 bits per heavy atom. The van der Waals surface area contributed by atoms with Gasteiger partial charge in [0.15, 0.2) is 0 Å². The summed E-state index contributed by atoms with van der Waals surface area (Å²) < 4.78 is 0. The number of amides is 2. The van der Waals surface area contributed by atoms with Crippen molar-refractivity contribution in [2.45, 2.75) is 112 Å². The van der Waals surface area contributed by atoms with E-state index in [-0.39, 0.29) is 30.9 Å². The first kappa shape index (κ1) is 39.0. The van der Waals surface area contributed by atoms with E-state index in [9.17, 15) is 14.4 Å². The van der Waals surface area contributed by atoms with Crippen molar-refractivity contribution in [3.05, 3.63) is 41.2 Å². The second-order valence-electron chi connectivity index (χ2n) is 8.54. The Kier molecular flexibility index (Phi) is 31.4. The highest BCUT2D eigenvalue weighted by atomic mass is 16.2. The van der Waals surface area contributed by atoms with Gasteiger partial charge in [-0.2, -0.15) is 0 Å². The molecule has 2 atom stereocenters. The first-order valence-electron chi connectivity index (χ1n) is 13.9. The monoisotopic (exact) mass is 520 g/mol. The lowest BCUT2D eigenvalue weighted by Gasteiger charge is -2.18. The Bertz CT molecular complexity index is 708. The van der Waals surface area contributed by atoms with Crippen LogP contribution in [0.1, 0.15) is 99.8 Å². The molecule has 7 heteroatoms. The average Bonchev–Trinajstić information content (AvgIpc) is 2.86. The maximum Gasteiger partial charge on any atom is 0.234 e. The fraction of sp³-hybridized carbons (Fsp3) is 0.667. The summed E-state index contributed by atoms with van der Waals surface area (Å²) in [5, 5.41) is 8.57. The lowest BCUT2D eigenvalue weighted by molar-refractivity contribution is -0.123. The number of unbranched alkanes of at least 4 members (excludes halogenated alkanes) is 1. The fourth-order valence-corrected chi connectivity index (χ4v) is 3.49. The van der Waals surface area contributed by atoms with Crippen molar-refractivity contribution in [3.8, 4) is 0 Å². The Morgan fingerprint density at radius 1 is 0.946 bits per heavy atom. The van der Waals surface area contributed by atoms with Gasteiger partial charge in [0.1, 0.15) is 6.29 Å². The Balaban J connectivity index is -0.000000656. The summed E-state index contributed by atoms with van der Waals surface area (Å²) in [5.74, 6) is -0.527. The van der Waals surface area contributed by atoms with Crippen molar-refractivity contribution >= 4 is 18.1 Å². The van der Waals surface area contributed by atoms with Gasteiger partial charge >= 0.3 is 0 Å². The number of aldehydes is 1. The van der Waals surface area contributed by atoms with Crippen LogP contribution in [0.2, 0.25) is 0 Å². The van der Waals surface area contributed by atoms with Crippen LogP contribution in [0, 0.1) is 0 Å². The van der Waals surface area contributed by atoms with E-state index in [4.69, 9.17) is 5.73 Å². The number of primary amides is 1. The standard InChI is InChI=1S/C15H30N4O3.C13H20.C2H6/c1-3-6-12(18-9-14(16)21)7-4-5-8-13(11-20)19-15(22)10-17-2;1-5-8-12(4)11-13(9-6-2)10-7-3;1-2/h11-13,17-18H,3-10H2,1-2H3,(H2,16,21)(H,19,22);5-6,8-9H,7,10H2,1-4H3;1-2H3/b;8-5-,9-6-;/t12-,13+;;/m1../s1. The predicted molar refractivity (Wildman–Crippen MR) is 158 cm³/mol. The van der Waals surface area contributed by atoms with E-state index in [1.54, 1.807) is 7.05 Å². The van der Waals surface area contributed by atoms with E-state index < -0.39 is 6.04 Å². The van der Waals surface area contributed by atoms with Gasteiger partial charge in [0, 0.05) is 6.04 Å². The van der Waals surface area contributed by atoms with Gasteiger partial charge < -0.3 is 26.5 Å². The molecule has 0 aromatic carbocycles. The van der Waals surface area contributed by atoms with Crippen LogP contribution in [0.5, 0.6) is 0 Å². The molecule has 0 saturated carbocycles. The predicted octanol–water partition coefficient (Wildman–Crippen LogP) is 5.13. The summed E-state index contributed by atoms with van der Waals surface area (Å²) >= 11 is 0. The quantitative estimate of drug-likeness (QED) is 0.0866. The third-order valence-electron chi connectivity index (χ3n) is 5.03. The number of carbonyl (C=O) groups is 3. The van der Waals surface area contributed by atoms with Gasteiger partial charge in [-0.05, 0) is 64.6 Å². The molecule has 0 aliphatic rings. The van der Waals surface area contributed by atoms with Crippen molar-refractivity contribution < 1.29 is 14.4 Å². The highest BCUT2D eigenvalue weighted by Crippen LogP contribution is 2.10. The number of carbonyl (C=O) groups excluding carboxylic acids is 3. The van der Waals surface area contributed by atoms with Crippen LogP contribution < -0.4 is 21.7 Å². The molecule has 0 rings (SSSR count). The summed E-state index contributed by atoms with van der Waals surface area (Å²) in [6, 6.07) is -0.157. The molecule has 0 aliphatic carbocycles. The number of likely N-dealkylation sites (N-methyl/N-ethyl adjacent to an activating group) is 1. The molecule has 37 heavy (non-hydrogen) atoms. The van der Waals surface area contributed by atoms with E-state index in [0.717, 1.165) is 44.8 Å². The Morgan fingerprint density at radius 3 is 2.05 bits per heavy atom. The van der Waals surface area contributed by atoms with Crippen LogP contribution in [0.15, 0.2) is 41.2 Å². The van der Waals surface area contributed by atoms with Gasteiger partial charge in [-0.15, -0.1) is 5.73 Å². The smallest absolute Gasteiger partial charge is 0.234 e. The largest absolute Gasteiger partial charge is 0.369 e. The normalized spacial score (nSPS) is 11.9. The van der Waals surface area contributed by atoms with Gasteiger partial charge in [0.05, 0.1) is 19.1 Å². The summed E-state index contributed by atoms with van der Waals surface area (Å²) in [7, 11) is 1.68. The lowest BCUT2D eigenvalue weighted by Crippen LogP contribution is -2.40. The second-order valence-corrected chi connectivity index (χ2v) is 8.54. The van der Waals surface area contributed by atoms with Crippen LogP contribution in [0.3, 0.4) is 0 Å². The molecule has 0 bridgehead atoms. The molecule has 2 amide bonds. The van der Waals surface area contributed by atoms with Crippen LogP contribution in [0.25, 0.3) is 0 Å². The number of allylic oxidation sites excluding steroid dienone is 5. The molecule has 0 aromatic rings. The number of hydrogen-bond acceptors (Lipinski definition) is 5. The van der Waals surface area contributed by atoms with Crippen molar-refractivity contribution in [3.63, 3.8) is 0 Å². The third kappa shape index (κ3) is 28.0. The molecule has 214 valence electrons. The van der Waals surface area contributed by atoms with Gasteiger partial charge in [0.25, 0.3) is 0 Å². The molecule has 0 saturated heterocycles. The Labute approximate surface area is 227 Å². The molecule has 0 radical (unpaired) electrons. The number of rotatable bonds is 18. The van der Waals surface area contributed by atoms with E-state index in [1.165, 1.54) is 17.6 Å². The number of nitrogens with two attached hydrogens (primary N) is 1. The zero-order valence-electron chi connectivity index (χ0n) is 24.9. The van der Waals surface area contributed by atoms with Gasteiger partial charge in [0.2, 0.25) is 11.8 Å². The third-order valence-corrected chi connectivity index (χ3v) is 5.03. The molecule has 0 spiro atoms. The van der Waals surface area contributed by atoms with Gasteiger partial charge in [-0.1, -0.05) is 77.7 Å². The maximum absolute atomic E-state index is 11.4. The summed E-state index contributed by atoms with van der Waals surface area (Å²) in [6.45, 7) is 14.8.